The third kappa shape index (κ3) is 7.67. The Labute approximate surface area is 325 Å². The highest BCUT2D eigenvalue weighted by Gasteiger charge is 2.39. The normalized spacial score (nSPS) is 21.1. The number of anilines is 1. The molecule has 4 aromatic rings. The Hall–Kier alpha value is -5.49. The van der Waals surface area contributed by atoms with Crippen molar-refractivity contribution in [1.82, 2.24) is 15.1 Å². The van der Waals surface area contributed by atoms with Crippen molar-refractivity contribution in [3.63, 3.8) is 0 Å². The molecule has 0 aromatic heterocycles. The topological polar surface area (TPSA) is 112 Å². The Bertz CT molecular complexity index is 2150. The van der Waals surface area contributed by atoms with Gasteiger partial charge in [-0.3, -0.25) is 24.6 Å². The fourth-order valence-corrected chi connectivity index (χ4v) is 8.75. The molecule has 2 fully saturated rings. The number of aromatic hydroxyl groups is 1. The second kappa shape index (κ2) is 15.9. The average molecular weight is 765 g/mol. The Morgan fingerprint density at radius 1 is 0.893 bits per heavy atom. The van der Waals surface area contributed by atoms with Crippen molar-refractivity contribution >= 4 is 23.4 Å². The molecule has 3 unspecified atom stereocenters. The summed E-state index contributed by atoms with van der Waals surface area (Å²) < 4.78 is 41.5. The van der Waals surface area contributed by atoms with Gasteiger partial charge in [-0.05, 0) is 110 Å². The largest absolute Gasteiger partial charge is 0.508 e. The minimum Gasteiger partial charge on any atom is -0.508 e. The summed E-state index contributed by atoms with van der Waals surface area (Å²) in [5.41, 5.74) is 5.91. The first kappa shape index (κ1) is 37.4. The molecule has 8 rings (SSSR count). The summed E-state index contributed by atoms with van der Waals surface area (Å²) in [5, 5.41) is 12.4. The Morgan fingerprint density at radius 3 is 2.50 bits per heavy atom. The maximum absolute atomic E-state index is 15.6. The molecular formula is C44H46F2N4O6. The van der Waals surface area contributed by atoms with E-state index in [-0.39, 0.29) is 47.4 Å². The minimum atomic E-state index is -0.618. The Balaban J connectivity index is 0.800. The van der Waals surface area contributed by atoms with E-state index >= 15 is 4.39 Å². The first-order valence-electron chi connectivity index (χ1n) is 19.5. The maximum Gasteiger partial charge on any atom is 0.255 e. The zero-order chi connectivity index (χ0) is 38.9. The van der Waals surface area contributed by atoms with Crippen molar-refractivity contribution in [1.29, 1.82) is 0 Å². The second-order valence-electron chi connectivity index (χ2n) is 15.3. The smallest absolute Gasteiger partial charge is 0.255 e. The molecule has 56 heavy (non-hydrogen) atoms. The van der Waals surface area contributed by atoms with Crippen LogP contribution in [-0.2, 0) is 16.1 Å². The van der Waals surface area contributed by atoms with Crippen LogP contribution in [0.25, 0.3) is 0 Å². The van der Waals surface area contributed by atoms with Gasteiger partial charge in [0.1, 0.15) is 23.4 Å². The molecule has 10 nitrogen and oxygen atoms in total. The van der Waals surface area contributed by atoms with Gasteiger partial charge in [-0.2, -0.15) is 0 Å². The molecule has 3 atom stereocenters. The van der Waals surface area contributed by atoms with Gasteiger partial charge in [0.25, 0.3) is 5.91 Å². The first-order valence-corrected chi connectivity index (χ1v) is 19.5. The number of rotatable bonds is 11. The Morgan fingerprint density at radius 2 is 1.71 bits per heavy atom. The monoisotopic (exact) mass is 764 g/mol. The maximum atomic E-state index is 15.6. The van der Waals surface area contributed by atoms with E-state index in [4.69, 9.17) is 9.47 Å². The summed E-state index contributed by atoms with van der Waals surface area (Å²) >= 11 is 0. The van der Waals surface area contributed by atoms with E-state index in [1.807, 2.05) is 31.2 Å². The van der Waals surface area contributed by atoms with E-state index < -0.39 is 17.8 Å². The van der Waals surface area contributed by atoms with E-state index in [1.165, 1.54) is 18.2 Å². The zero-order valence-electron chi connectivity index (χ0n) is 31.4. The molecule has 0 spiro atoms. The molecule has 3 amide bonds. The van der Waals surface area contributed by atoms with Crippen molar-refractivity contribution < 1.29 is 37.7 Å². The summed E-state index contributed by atoms with van der Waals surface area (Å²) in [7, 11) is 0. The number of imide groups is 1. The third-order valence-corrected chi connectivity index (χ3v) is 11.7. The fourth-order valence-electron chi connectivity index (χ4n) is 8.75. The summed E-state index contributed by atoms with van der Waals surface area (Å²) in [4.78, 5) is 43.4. The highest BCUT2D eigenvalue weighted by molar-refractivity contribution is 6.05. The van der Waals surface area contributed by atoms with Gasteiger partial charge in [-0.15, -0.1) is 0 Å². The summed E-state index contributed by atoms with van der Waals surface area (Å²) in [6.07, 6.45) is 3.34. The highest BCUT2D eigenvalue weighted by Crippen LogP contribution is 2.48. The molecule has 2 saturated heterocycles. The van der Waals surface area contributed by atoms with Crippen molar-refractivity contribution in [2.45, 2.75) is 63.5 Å². The van der Waals surface area contributed by atoms with E-state index in [9.17, 15) is 23.9 Å². The van der Waals surface area contributed by atoms with Crippen LogP contribution in [0.1, 0.15) is 82.1 Å². The molecule has 2 N–H and O–H groups in total. The highest BCUT2D eigenvalue weighted by atomic mass is 19.1. The molecule has 0 aliphatic carbocycles. The molecule has 4 aliphatic heterocycles. The molecule has 0 bridgehead atoms. The number of hydrogen-bond donors (Lipinski definition) is 2. The van der Waals surface area contributed by atoms with Gasteiger partial charge < -0.3 is 24.4 Å². The number of piperidine rings is 1. The van der Waals surface area contributed by atoms with E-state index in [0.717, 1.165) is 85.5 Å². The first-order chi connectivity index (χ1) is 27.1. The number of benzene rings is 4. The SMILES string of the molecule is Cc1cc(F)ccc1C1COc2cc(O)ccc2C1c1ccc(OCCCCCN2CCN(c3ccc4c(c3)CN(C3CCC(=O)NC3=O)C4=O)CC2)c(F)c1. The zero-order valence-corrected chi connectivity index (χ0v) is 31.4. The van der Waals surface area contributed by atoms with Gasteiger partial charge >= 0.3 is 0 Å². The molecule has 4 aromatic carbocycles. The lowest BCUT2D eigenvalue weighted by Gasteiger charge is -2.36. The number of phenols is 1. The van der Waals surface area contributed by atoms with Crippen LogP contribution < -0.4 is 19.7 Å². The van der Waals surface area contributed by atoms with Crippen LogP contribution in [0, 0.1) is 18.6 Å². The second-order valence-corrected chi connectivity index (χ2v) is 15.3. The van der Waals surface area contributed by atoms with Crippen LogP contribution in [0.5, 0.6) is 17.2 Å². The van der Waals surface area contributed by atoms with Crippen LogP contribution in [0.15, 0.2) is 72.8 Å². The number of fused-ring (bicyclic) bond motifs is 2. The quantitative estimate of drug-likeness (QED) is 0.133. The van der Waals surface area contributed by atoms with Crippen molar-refractivity contribution in [3.8, 4) is 17.2 Å². The summed E-state index contributed by atoms with van der Waals surface area (Å²) in [6, 6.07) is 20.1. The van der Waals surface area contributed by atoms with Crippen LogP contribution in [0.3, 0.4) is 0 Å². The van der Waals surface area contributed by atoms with Crippen molar-refractivity contribution in [2.24, 2.45) is 0 Å². The average Bonchev–Trinajstić information content (AvgIpc) is 3.51. The fraction of sp³-hybridized carbons (Fsp3) is 0.386. The van der Waals surface area contributed by atoms with Crippen molar-refractivity contribution in [3.05, 3.63) is 118 Å². The predicted molar refractivity (Wildman–Crippen MR) is 206 cm³/mol. The van der Waals surface area contributed by atoms with Gasteiger partial charge in [0.05, 0.1) is 13.2 Å². The number of piperazine rings is 1. The van der Waals surface area contributed by atoms with Crippen LogP contribution in [-0.4, -0.2) is 84.6 Å². The number of aryl methyl sites for hydroxylation is 1. The van der Waals surface area contributed by atoms with E-state index in [2.05, 4.69) is 21.2 Å². The van der Waals surface area contributed by atoms with E-state index in [1.54, 1.807) is 29.2 Å². The summed E-state index contributed by atoms with van der Waals surface area (Å²) in [6.45, 7) is 7.49. The van der Waals surface area contributed by atoms with Crippen LogP contribution in [0.2, 0.25) is 0 Å². The van der Waals surface area contributed by atoms with E-state index in [0.29, 0.717) is 37.5 Å². The van der Waals surface area contributed by atoms with Crippen LogP contribution >= 0.6 is 0 Å². The van der Waals surface area contributed by atoms with Crippen molar-refractivity contribution in [2.75, 3.05) is 50.8 Å². The number of hydrogen-bond acceptors (Lipinski definition) is 8. The number of carbonyl (C=O) groups is 3. The number of nitrogens with zero attached hydrogens (tertiary/aromatic N) is 3. The Kier molecular flexibility index (Phi) is 10.7. The number of ether oxygens (including phenoxy) is 2. The standard InChI is InChI=1S/C44H46F2N4O6/c1-27-21-30(45)6-9-33(27)36-26-56-40-24-32(51)8-11-35(40)42(36)28-5-13-39(37(46)23-28)55-20-4-2-3-15-48-16-18-49(19-17-48)31-7-10-34-29(22-31)25-50(44(34)54)38-12-14-41(52)47-43(38)53/h5-11,13,21-24,36,38,42,51H,2-4,12,14-20,25-26H2,1H3,(H,47,52,53). The van der Waals surface area contributed by atoms with Gasteiger partial charge in [0, 0.05) is 73.9 Å². The predicted octanol–water partition coefficient (Wildman–Crippen LogP) is 6.42. The lowest BCUT2D eigenvalue weighted by atomic mass is 9.75. The van der Waals surface area contributed by atoms with Crippen LogP contribution in [0.4, 0.5) is 14.5 Å². The van der Waals surface area contributed by atoms with Gasteiger partial charge in [-0.25, -0.2) is 8.78 Å². The summed E-state index contributed by atoms with van der Waals surface area (Å²) in [5.74, 6) is -1.22. The lowest BCUT2D eigenvalue weighted by molar-refractivity contribution is -0.136. The molecule has 12 heteroatoms. The number of amides is 3. The van der Waals surface area contributed by atoms with Gasteiger partial charge in [0.2, 0.25) is 11.8 Å². The molecular weight excluding hydrogens is 719 g/mol. The molecule has 4 aliphatic rings. The minimum absolute atomic E-state index is 0.0894. The number of nitrogens with one attached hydrogen (secondary N) is 1. The molecule has 292 valence electrons. The van der Waals surface area contributed by atoms with Gasteiger partial charge in [0.15, 0.2) is 11.6 Å². The molecule has 0 saturated carbocycles. The number of phenolic OH excluding ortho intramolecular Hbond substituents is 1. The molecule has 4 heterocycles. The molecule has 0 radical (unpaired) electrons. The number of carbonyl (C=O) groups excluding carboxylic acids is 3. The third-order valence-electron chi connectivity index (χ3n) is 11.7. The number of unbranched alkanes of at least 4 members (excludes halogenated alkanes) is 2. The lowest BCUT2D eigenvalue weighted by Crippen LogP contribution is -2.52. The number of halogens is 2. The van der Waals surface area contributed by atoms with Gasteiger partial charge in [-0.1, -0.05) is 18.2 Å².